The zero-order chi connectivity index (χ0) is 14.9. The van der Waals surface area contributed by atoms with Crippen molar-refractivity contribution in [1.29, 1.82) is 0 Å². The van der Waals surface area contributed by atoms with Crippen LogP contribution in [0, 0.1) is 6.92 Å². The monoisotopic (exact) mass is 349 g/mol. The number of nitrogen functional groups attached to an aromatic ring is 1. The van der Waals surface area contributed by atoms with E-state index in [1.54, 1.807) is 13.0 Å². The number of nitrogens with two attached hydrogens (primary N) is 1. The summed E-state index contributed by atoms with van der Waals surface area (Å²) < 4.78 is 42.5. The zero-order valence-corrected chi connectivity index (χ0v) is 12.0. The van der Waals surface area contributed by atoms with Crippen molar-refractivity contribution in [2.75, 3.05) is 5.73 Å². The van der Waals surface area contributed by atoms with Crippen molar-refractivity contribution in [3.63, 3.8) is 0 Å². The van der Waals surface area contributed by atoms with Gasteiger partial charge in [0.1, 0.15) is 11.6 Å². The van der Waals surface area contributed by atoms with Gasteiger partial charge in [-0.25, -0.2) is 4.68 Å². The number of ether oxygens (including phenoxy) is 1. The molecule has 0 fully saturated rings. The first-order chi connectivity index (χ1) is 9.26. The number of halogens is 4. The average Bonchev–Trinajstić information content (AvgIpc) is 2.55. The van der Waals surface area contributed by atoms with Gasteiger partial charge in [-0.2, -0.15) is 5.10 Å². The molecular formula is C12H11BrF3N3O. The van der Waals surface area contributed by atoms with E-state index in [2.05, 4.69) is 25.8 Å². The van der Waals surface area contributed by atoms with Gasteiger partial charge in [-0.1, -0.05) is 12.1 Å². The molecule has 0 aliphatic rings. The lowest BCUT2D eigenvalue weighted by Gasteiger charge is -2.10. The lowest BCUT2D eigenvalue weighted by atomic mass is 10.2. The summed E-state index contributed by atoms with van der Waals surface area (Å²) in [7, 11) is 0. The van der Waals surface area contributed by atoms with E-state index in [0.29, 0.717) is 21.5 Å². The number of aromatic nitrogens is 2. The third kappa shape index (κ3) is 3.44. The van der Waals surface area contributed by atoms with E-state index in [1.807, 2.05) is 0 Å². The number of benzene rings is 1. The SMILES string of the molecule is Cc1nn(Cc2cccc(OC(F)(F)F)c2)c(N)c1Br. The Hall–Kier alpha value is -1.70. The van der Waals surface area contributed by atoms with Crippen LogP contribution in [0.5, 0.6) is 5.75 Å². The van der Waals surface area contributed by atoms with Crippen LogP contribution < -0.4 is 10.5 Å². The lowest BCUT2D eigenvalue weighted by molar-refractivity contribution is -0.274. The summed E-state index contributed by atoms with van der Waals surface area (Å²) in [5.74, 6) is 0.154. The smallest absolute Gasteiger partial charge is 0.406 e. The second-order valence-electron chi connectivity index (χ2n) is 4.14. The fourth-order valence-electron chi connectivity index (χ4n) is 1.71. The van der Waals surface area contributed by atoms with Crippen molar-refractivity contribution in [2.24, 2.45) is 0 Å². The molecule has 2 aromatic rings. The number of anilines is 1. The Morgan fingerprint density at radius 3 is 2.65 bits per heavy atom. The molecule has 0 amide bonds. The Bertz CT molecular complexity index is 625. The van der Waals surface area contributed by atoms with Crippen molar-refractivity contribution in [3.05, 3.63) is 40.0 Å². The van der Waals surface area contributed by atoms with Crippen LogP contribution in [-0.4, -0.2) is 16.1 Å². The standard InChI is InChI=1S/C12H11BrF3N3O/c1-7-10(13)11(17)19(18-7)6-8-3-2-4-9(5-8)20-12(14,15)16/h2-5H,6,17H2,1H3. The topological polar surface area (TPSA) is 53.1 Å². The molecule has 4 nitrogen and oxygen atoms in total. The Morgan fingerprint density at radius 2 is 2.10 bits per heavy atom. The first-order valence-electron chi connectivity index (χ1n) is 5.59. The molecule has 1 heterocycles. The van der Waals surface area contributed by atoms with Crippen LogP contribution >= 0.6 is 15.9 Å². The van der Waals surface area contributed by atoms with E-state index >= 15 is 0 Å². The largest absolute Gasteiger partial charge is 0.573 e. The van der Waals surface area contributed by atoms with Crippen molar-refractivity contribution < 1.29 is 17.9 Å². The van der Waals surface area contributed by atoms with Gasteiger partial charge in [-0.15, -0.1) is 13.2 Å². The Balaban J connectivity index is 2.21. The third-order valence-corrected chi connectivity index (χ3v) is 3.54. The molecule has 0 unspecified atom stereocenters. The third-order valence-electron chi connectivity index (χ3n) is 2.56. The Kier molecular flexibility index (Phi) is 3.94. The molecule has 2 N–H and O–H groups in total. The molecule has 108 valence electrons. The molecule has 0 saturated heterocycles. The van der Waals surface area contributed by atoms with Crippen LogP contribution in [0.15, 0.2) is 28.7 Å². The van der Waals surface area contributed by atoms with Crippen LogP contribution in [0.4, 0.5) is 19.0 Å². The predicted molar refractivity (Wildman–Crippen MR) is 71.3 cm³/mol. The van der Waals surface area contributed by atoms with Gasteiger partial charge in [0, 0.05) is 0 Å². The van der Waals surface area contributed by atoms with E-state index < -0.39 is 6.36 Å². The quantitative estimate of drug-likeness (QED) is 0.922. The van der Waals surface area contributed by atoms with Crippen LogP contribution in [0.3, 0.4) is 0 Å². The maximum atomic E-state index is 12.2. The normalized spacial score (nSPS) is 11.7. The molecule has 0 radical (unpaired) electrons. The van der Waals surface area contributed by atoms with Gasteiger partial charge in [0.2, 0.25) is 0 Å². The highest BCUT2D eigenvalue weighted by Gasteiger charge is 2.31. The molecule has 0 aliphatic heterocycles. The molecule has 1 aromatic carbocycles. The summed E-state index contributed by atoms with van der Waals surface area (Å²) in [5, 5.41) is 4.19. The fourth-order valence-corrected chi connectivity index (χ4v) is 2.00. The molecule has 0 saturated carbocycles. The summed E-state index contributed by atoms with van der Waals surface area (Å²) in [6.45, 7) is 2.04. The number of hydrogen-bond acceptors (Lipinski definition) is 3. The Morgan fingerprint density at radius 1 is 1.40 bits per heavy atom. The number of aryl methyl sites for hydroxylation is 1. The van der Waals surface area contributed by atoms with Crippen LogP contribution in [0.25, 0.3) is 0 Å². The van der Waals surface area contributed by atoms with Crippen LogP contribution in [-0.2, 0) is 6.54 Å². The van der Waals surface area contributed by atoms with E-state index in [9.17, 15) is 13.2 Å². The van der Waals surface area contributed by atoms with Crippen molar-refractivity contribution in [2.45, 2.75) is 19.8 Å². The van der Waals surface area contributed by atoms with Crippen molar-refractivity contribution in [3.8, 4) is 5.75 Å². The van der Waals surface area contributed by atoms with Crippen molar-refractivity contribution >= 4 is 21.7 Å². The molecule has 8 heteroatoms. The summed E-state index contributed by atoms with van der Waals surface area (Å²) in [5.41, 5.74) is 7.15. The minimum atomic E-state index is -4.71. The summed E-state index contributed by atoms with van der Waals surface area (Å²) in [4.78, 5) is 0. The molecular weight excluding hydrogens is 339 g/mol. The lowest BCUT2D eigenvalue weighted by Crippen LogP contribution is -2.17. The minimum Gasteiger partial charge on any atom is -0.406 e. The van der Waals surface area contributed by atoms with Gasteiger partial charge in [-0.3, -0.25) is 0 Å². The number of hydrogen-bond donors (Lipinski definition) is 1. The van der Waals surface area contributed by atoms with E-state index in [0.717, 1.165) is 0 Å². The highest BCUT2D eigenvalue weighted by Crippen LogP contribution is 2.26. The highest BCUT2D eigenvalue weighted by atomic mass is 79.9. The first kappa shape index (κ1) is 14.7. The zero-order valence-electron chi connectivity index (χ0n) is 10.4. The fraction of sp³-hybridized carbons (Fsp3) is 0.250. The van der Waals surface area contributed by atoms with Gasteiger partial charge in [0.15, 0.2) is 0 Å². The van der Waals surface area contributed by atoms with Gasteiger partial charge in [0.05, 0.1) is 16.7 Å². The molecule has 20 heavy (non-hydrogen) atoms. The van der Waals surface area contributed by atoms with Gasteiger partial charge < -0.3 is 10.5 Å². The van der Waals surface area contributed by atoms with Crippen LogP contribution in [0.2, 0.25) is 0 Å². The second kappa shape index (κ2) is 5.35. The number of alkyl halides is 3. The molecule has 2 rings (SSSR count). The molecule has 0 aliphatic carbocycles. The maximum absolute atomic E-state index is 12.2. The van der Waals surface area contributed by atoms with Crippen molar-refractivity contribution in [1.82, 2.24) is 9.78 Å². The maximum Gasteiger partial charge on any atom is 0.573 e. The van der Waals surface area contributed by atoms with Gasteiger partial charge in [0.25, 0.3) is 0 Å². The predicted octanol–water partition coefficient (Wildman–Crippen LogP) is 3.48. The molecule has 0 atom stereocenters. The Labute approximate surface area is 121 Å². The first-order valence-corrected chi connectivity index (χ1v) is 6.38. The number of nitrogens with zero attached hydrogens (tertiary/aromatic N) is 2. The summed E-state index contributed by atoms with van der Waals surface area (Å²) >= 11 is 3.29. The van der Waals surface area contributed by atoms with Gasteiger partial charge in [-0.05, 0) is 40.5 Å². The summed E-state index contributed by atoms with van der Waals surface area (Å²) in [6, 6.07) is 5.70. The highest BCUT2D eigenvalue weighted by molar-refractivity contribution is 9.10. The van der Waals surface area contributed by atoms with Gasteiger partial charge >= 0.3 is 6.36 Å². The minimum absolute atomic E-state index is 0.257. The molecule has 0 spiro atoms. The van der Waals surface area contributed by atoms with E-state index in [-0.39, 0.29) is 12.3 Å². The van der Waals surface area contributed by atoms with E-state index in [4.69, 9.17) is 5.73 Å². The van der Waals surface area contributed by atoms with E-state index in [1.165, 1.54) is 22.9 Å². The number of rotatable bonds is 3. The molecule has 1 aromatic heterocycles. The molecule has 0 bridgehead atoms. The van der Waals surface area contributed by atoms with Crippen LogP contribution in [0.1, 0.15) is 11.3 Å². The second-order valence-corrected chi connectivity index (χ2v) is 4.93. The summed E-state index contributed by atoms with van der Waals surface area (Å²) in [6.07, 6.45) is -4.71. The average molecular weight is 350 g/mol.